The van der Waals surface area contributed by atoms with Crippen LogP contribution in [0, 0.1) is 5.92 Å². The van der Waals surface area contributed by atoms with Crippen molar-refractivity contribution in [3.63, 3.8) is 0 Å². The second-order valence-corrected chi connectivity index (χ2v) is 10.2. The average molecular weight is 410 g/mol. The van der Waals surface area contributed by atoms with Crippen molar-refractivity contribution in [3.05, 3.63) is 24.3 Å². The third kappa shape index (κ3) is 7.09. The largest absolute Gasteiger partial charge is 0.385 e. The molecule has 0 saturated carbocycles. The number of rotatable bonds is 11. The van der Waals surface area contributed by atoms with Crippen LogP contribution in [0.15, 0.2) is 24.3 Å². The molecule has 6 nitrogen and oxygen atoms in total. The van der Waals surface area contributed by atoms with E-state index in [0.717, 1.165) is 57.4 Å². The molecule has 0 aromatic heterocycles. The molecule has 1 aliphatic rings. The number of hydrogen-bond donors (Lipinski definition) is 2. The molecular formula is C21H35N3O3S. The molecule has 7 heteroatoms. The first-order valence-electron chi connectivity index (χ1n) is 10.4. The topological polar surface area (TPSA) is 78.5 Å². The minimum Gasteiger partial charge on any atom is -0.385 e. The first kappa shape index (κ1) is 22.7. The maximum absolute atomic E-state index is 11.6. The normalized spacial score (nSPS) is 15.8. The van der Waals surface area contributed by atoms with Crippen LogP contribution in [0.25, 0.3) is 0 Å². The number of piperidine rings is 1. The molecule has 1 aromatic carbocycles. The van der Waals surface area contributed by atoms with Crippen LogP contribution in [0.5, 0.6) is 0 Å². The van der Waals surface area contributed by atoms with Gasteiger partial charge in [0.2, 0.25) is 10.0 Å². The van der Waals surface area contributed by atoms with Gasteiger partial charge >= 0.3 is 0 Å². The van der Waals surface area contributed by atoms with Crippen LogP contribution in [0.1, 0.15) is 52.9 Å². The lowest BCUT2D eigenvalue weighted by molar-refractivity contribution is -0.121. The Morgan fingerprint density at radius 3 is 2.25 bits per heavy atom. The molecule has 0 radical (unpaired) electrons. The fraction of sp³-hybridized carbons (Fsp3) is 0.667. The number of ketones is 1. The van der Waals surface area contributed by atoms with Gasteiger partial charge in [0.1, 0.15) is 5.78 Å². The Bertz CT molecular complexity index is 709. The number of sulfonamides is 1. The number of Topliss-reactive ketones (excluding diaryl/α,β-unsaturated/α-hetero) is 1. The highest BCUT2D eigenvalue weighted by Gasteiger charge is 2.22. The number of carbonyl (C=O) groups excluding carboxylic acids is 1. The lowest BCUT2D eigenvalue weighted by atomic mass is 9.93. The van der Waals surface area contributed by atoms with Gasteiger partial charge in [0.25, 0.3) is 0 Å². The van der Waals surface area contributed by atoms with E-state index in [1.807, 2.05) is 0 Å². The first-order valence-corrected chi connectivity index (χ1v) is 11.9. The first-order chi connectivity index (χ1) is 13.3. The molecule has 1 aromatic rings. The molecule has 0 amide bonds. The van der Waals surface area contributed by atoms with Crippen molar-refractivity contribution < 1.29 is 13.2 Å². The second-order valence-electron chi connectivity index (χ2n) is 7.89. The summed E-state index contributed by atoms with van der Waals surface area (Å²) in [4.78, 5) is 13.8. The van der Waals surface area contributed by atoms with Gasteiger partial charge in [-0.3, -0.25) is 4.79 Å². The van der Waals surface area contributed by atoms with Crippen molar-refractivity contribution in [2.45, 2.75) is 58.1 Å². The maximum atomic E-state index is 11.6. The number of nitrogens with one attached hydrogen (secondary N) is 2. The summed E-state index contributed by atoms with van der Waals surface area (Å²) < 4.78 is 25.9. The second kappa shape index (κ2) is 10.8. The lowest BCUT2D eigenvalue weighted by Gasteiger charge is -2.32. The fourth-order valence-corrected chi connectivity index (χ4v) is 4.14. The average Bonchev–Trinajstić information content (AvgIpc) is 2.67. The zero-order valence-corrected chi connectivity index (χ0v) is 18.2. The van der Waals surface area contributed by atoms with E-state index in [1.165, 1.54) is 5.69 Å². The van der Waals surface area contributed by atoms with Crippen molar-refractivity contribution in [3.8, 4) is 0 Å². The van der Waals surface area contributed by atoms with Crippen molar-refractivity contribution >= 4 is 27.2 Å². The molecule has 28 heavy (non-hydrogen) atoms. The predicted molar refractivity (Wildman–Crippen MR) is 116 cm³/mol. The Morgan fingerprint density at radius 1 is 1.07 bits per heavy atom. The smallest absolute Gasteiger partial charge is 0.213 e. The van der Waals surface area contributed by atoms with Gasteiger partial charge < -0.3 is 10.2 Å². The molecule has 1 aliphatic heterocycles. The molecule has 0 aliphatic carbocycles. The number of unbranched alkanes of at least 4 members (excludes halogenated alkanes) is 2. The van der Waals surface area contributed by atoms with Gasteiger partial charge in [-0.1, -0.05) is 6.42 Å². The Labute approximate surface area is 170 Å². The maximum Gasteiger partial charge on any atom is 0.213 e. The van der Waals surface area contributed by atoms with Gasteiger partial charge in [0.15, 0.2) is 0 Å². The van der Waals surface area contributed by atoms with Gasteiger partial charge in [-0.15, -0.1) is 0 Å². The predicted octanol–water partition coefficient (Wildman–Crippen LogP) is 3.40. The number of benzene rings is 1. The van der Waals surface area contributed by atoms with Crippen LogP contribution >= 0.6 is 0 Å². The Kier molecular flexibility index (Phi) is 8.76. The van der Waals surface area contributed by atoms with Gasteiger partial charge in [-0.25, -0.2) is 13.1 Å². The summed E-state index contributed by atoms with van der Waals surface area (Å²) in [6, 6.07) is 8.47. The van der Waals surface area contributed by atoms with E-state index >= 15 is 0 Å². The van der Waals surface area contributed by atoms with Crippen LogP contribution in [0.2, 0.25) is 0 Å². The minimum absolute atomic E-state index is 0.234. The van der Waals surface area contributed by atoms with Crippen LogP contribution in [0.3, 0.4) is 0 Å². The third-order valence-electron chi connectivity index (χ3n) is 5.41. The van der Waals surface area contributed by atoms with E-state index in [0.29, 0.717) is 12.3 Å². The van der Waals surface area contributed by atoms with E-state index in [2.05, 4.69) is 39.2 Å². The van der Waals surface area contributed by atoms with Gasteiger partial charge in [0.05, 0.1) is 5.25 Å². The van der Waals surface area contributed by atoms with E-state index in [1.54, 1.807) is 20.8 Å². The van der Waals surface area contributed by atoms with Gasteiger partial charge in [-0.2, -0.15) is 0 Å². The van der Waals surface area contributed by atoms with Gasteiger partial charge in [-0.05, 0) is 70.7 Å². The molecule has 1 fully saturated rings. The summed E-state index contributed by atoms with van der Waals surface area (Å²) >= 11 is 0. The number of nitrogens with zero attached hydrogens (tertiary/aromatic N) is 1. The highest BCUT2D eigenvalue weighted by Crippen LogP contribution is 2.25. The molecule has 2 rings (SSSR count). The minimum atomic E-state index is -3.14. The third-order valence-corrected chi connectivity index (χ3v) is 7.26. The van der Waals surface area contributed by atoms with Crippen LogP contribution in [-0.4, -0.2) is 45.6 Å². The molecule has 2 N–H and O–H groups in total. The van der Waals surface area contributed by atoms with E-state index in [9.17, 15) is 13.2 Å². The highest BCUT2D eigenvalue weighted by atomic mass is 32.2. The van der Waals surface area contributed by atoms with E-state index in [4.69, 9.17) is 0 Å². The summed E-state index contributed by atoms with van der Waals surface area (Å²) in [5, 5.41) is 3.04. The molecule has 0 unspecified atom stereocenters. The Hall–Kier alpha value is -1.60. The van der Waals surface area contributed by atoms with Crippen molar-refractivity contribution in [2.24, 2.45) is 5.92 Å². The lowest BCUT2D eigenvalue weighted by Crippen LogP contribution is -2.35. The molecule has 1 heterocycles. The molecular weight excluding hydrogens is 374 g/mol. The van der Waals surface area contributed by atoms with Crippen LogP contribution < -0.4 is 14.9 Å². The standard InChI is InChI=1S/C21H35N3O3S/c1-17(2)28(26,27)23-14-6-4-5-13-22-20-7-9-21(10-8-20)24-15-11-19(12-16-24)18(3)25/h7-10,17,19,22-23H,4-6,11-16H2,1-3H3. The van der Waals surface area contributed by atoms with Crippen molar-refractivity contribution in [1.82, 2.24) is 4.72 Å². The summed E-state index contributed by atoms with van der Waals surface area (Å²) in [5.41, 5.74) is 2.31. The fourth-order valence-electron chi connectivity index (χ4n) is 3.37. The molecule has 0 spiro atoms. The van der Waals surface area contributed by atoms with Crippen LogP contribution in [-0.2, 0) is 14.8 Å². The number of hydrogen-bond acceptors (Lipinski definition) is 5. The van der Waals surface area contributed by atoms with E-state index in [-0.39, 0.29) is 11.2 Å². The SMILES string of the molecule is CC(=O)C1CCN(c2ccc(NCCCCCNS(=O)(=O)C(C)C)cc2)CC1. The summed E-state index contributed by atoms with van der Waals surface area (Å²) in [7, 11) is -3.14. The summed E-state index contributed by atoms with van der Waals surface area (Å²) in [5.74, 6) is 0.550. The molecule has 1 saturated heterocycles. The quantitative estimate of drug-likeness (QED) is 0.548. The Morgan fingerprint density at radius 2 is 1.68 bits per heavy atom. The molecule has 158 valence electrons. The van der Waals surface area contributed by atoms with E-state index < -0.39 is 10.0 Å². The molecule has 0 atom stereocenters. The number of carbonyl (C=O) groups is 1. The zero-order chi connectivity index (χ0) is 20.6. The number of anilines is 2. The monoisotopic (exact) mass is 409 g/mol. The van der Waals surface area contributed by atoms with Crippen molar-refractivity contribution in [1.29, 1.82) is 0 Å². The molecule has 0 bridgehead atoms. The summed E-state index contributed by atoms with van der Waals surface area (Å²) in [6.07, 6.45) is 4.73. The van der Waals surface area contributed by atoms with Gasteiger partial charge in [0, 0.05) is 43.5 Å². The summed E-state index contributed by atoms with van der Waals surface area (Å²) in [6.45, 7) is 8.34. The Balaban J connectivity index is 1.62. The zero-order valence-electron chi connectivity index (χ0n) is 17.4. The van der Waals surface area contributed by atoms with Crippen LogP contribution in [0.4, 0.5) is 11.4 Å². The highest BCUT2D eigenvalue weighted by molar-refractivity contribution is 7.90. The van der Waals surface area contributed by atoms with Crippen molar-refractivity contribution in [2.75, 3.05) is 36.4 Å².